The number of anilines is 2. The fourth-order valence-corrected chi connectivity index (χ4v) is 7.58. The standard InChI is InChI=1S/C28H35N9O3S/c1-4-41(38,39)35-25-30-22(32-33-25)21-27(15-29)14-28(21,40-17-27)24-31-23-18(2)12-20(13-37(23)34-24)36-11-10-26(3,16-36)19-8-6-5-7-9-19/h5-9,12-13,21H,4,10-11,14-17,29H2,1-3H3,(H2,30,32,33,35)/t21?,26-,27?,28?/m0/s1. The summed E-state index contributed by atoms with van der Waals surface area (Å²) in [6, 6.07) is 12.9. The average Bonchev–Trinajstić information content (AvgIpc) is 3.77. The zero-order valence-electron chi connectivity index (χ0n) is 23.5. The van der Waals surface area contributed by atoms with Gasteiger partial charge >= 0.3 is 0 Å². The highest BCUT2D eigenvalue weighted by Crippen LogP contribution is 2.70. The molecule has 2 bridgehead atoms. The van der Waals surface area contributed by atoms with E-state index in [-0.39, 0.29) is 28.4 Å². The predicted molar refractivity (Wildman–Crippen MR) is 154 cm³/mol. The van der Waals surface area contributed by atoms with Gasteiger partial charge in [-0.2, -0.15) is 4.98 Å². The van der Waals surface area contributed by atoms with Crippen LogP contribution in [0.2, 0.25) is 0 Å². The van der Waals surface area contributed by atoms with Crippen LogP contribution in [0.25, 0.3) is 5.65 Å². The third kappa shape index (κ3) is 3.97. The number of ether oxygens (including phenoxy) is 1. The Kier molecular flexibility index (Phi) is 5.77. The van der Waals surface area contributed by atoms with Gasteiger partial charge in [-0.1, -0.05) is 37.3 Å². The monoisotopic (exact) mass is 577 g/mol. The van der Waals surface area contributed by atoms with Gasteiger partial charge in [0.2, 0.25) is 10.0 Å². The van der Waals surface area contributed by atoms with Crippen molar-refractivity contribution in [3.8, 4) is 0 Å². The third-order valence-corrected chi connectivity index (χ3v) is 10.7. The van der Waals surface area contributed by atoms with Crippen LogP contribution >= 0.6 is 0 Å². The Hall–Kier alpha value is -3.55. The number of hydrogen-bond acceptors (Lipinski definition) is 9. The van der Waals surface area contributed by atoms with Crippen LogP contribution < -0.4 is 15.4 Å². The van der Waals surface area contributed by atoms with E-state index in [0.717, 1.165) is 36.4 Å². The highest BCUT2D eigenvalue weighted by Gasteiger charge is 2.73. The lowest BCUT2D eigenvalue weighted by Gasteiger charge is -2.49. The minimum atomic E-state index is -3.51. The van der Waals surface area contributed by atoms with Crippen LogP contribution in [-0.2, 0) is 25.8 Å². The van der Waals surface area contributed by atoms with Crippen molar-refractivity contribution in [1.82, 2.24) is 29.8 Å². The summed E-state index contributed by atoms with van der Waals surface area (Å²) < 4.78 is 34.8. The maximum Gasteiger partial charge on any atom is 0.255 e. The zero-order chi connectivity index (χ0) is 28.6. The van der Waals surface area contributed by atoms with Crippen molar-refractivity contribution in [2.45, 2.75) is 50.5 Å². The maximum atomic E-state index is 12.1. The molecule has 3 saturated heterocycles. The van der Waals surface area contributed by atoms with Crippen LogP contribution in [0, 0.1) is 12.3 Å². The summed E-state index contributed by atoms with van der Waals surface area (Å²) in [5, 5.41) is 12.0. The number of hydrogen-bond donors (Lipinski definition) is 3. The van der Waals surface area contributed by atoms with Gasteiger partial charge in [-0.3, -0.25) is 5.10 Å². The molecule has 4 aliphatic rings. The number of nitrogens with two attached hydrogens (primary N) is 1. The molecule has 0 amide bonds. The summed E-state index contributed by atoms with van der Waals surface area (Å²) >= 11 is 0. The molecule has 216 valence electrons. The van der Waals surface area contributed by atoms with E-state index in [1.807, 2.05) is 4.52 Å². The van der Waals surface area contributed by atoms with E-state index in [0.29, 0.717) is 31.2 Å². The minimum Gasteiger partial charge on any atom is -0.369 e. The van der Waals surface area contributed by atoms with Crippen molar-refractivity contribution < 1.29 is 13.2 Å². The first-order valence-electron chi connectivity index (χ1n) is 14.1. The molecule has 1 saturated carbocycles. The molecule has 3 aromatic heterocycles. The number of nitrogens with one attached hydrogen (secondary N) is 2. The Labute approximate surface area is 238 Å². The summed E-state index contributed by atoms with van der Waals surface area (Å²) in [5.41, 5.74) is 9.43. The molecule has 12 nitrogen and oxygen atoms in total. The minimum absolute atomic E-state index is 0.00651. The molecule has 0 spiro atoms. The Morgan fingerprint density at radius 2 is 2.05 bits per heavy atom. The second-order valence-electron chi connectivity index (χ2n) is 12.1. The summed E-state index contributed by atoms with van der Waals surface area (Å²) in [4.78, 5) is 11.9. The quantitative estimate of drug-likeness (QED) is 0.286. The Bertz CT molecular complexity index is 1740. The smallest absolute Gasteiger partial charge is 0.255 e. The summed E-state index contributed by atoms with van der Waals surface area (Å²) in [6.45, 7) is 8.66. The number of rotatable bonds is 8. The largest absolute Gasteiger partial charge is 0.369 e. The molecule has 8 rings (SSSR count). The van der Waals surface area contributed by atoms with Crippen LogP contribution in [0.5, 0.6) is 0 Å². The van der Waals surface area contributed by atoms with E-state index >= 15 is 0 Å². The van der Waals surface area contributed by atoms with Gasteiger partial charge in [-0.25, -0.2) is 22.6 Å². The molecule has 4 fully saturated rings. The van der Waals surface area contributed by atoms with Crippen LogP contribution in [0.4, 0.5) is 11.6 Å². The van der Waals surface area contributed by atoms with Crippen molar-refractivity contribution in [3.05, 3.63) is 65.4 Å². The van der Waals surface area contributed by atoms with Gasteiger partial charge in [0.1, 0.15) is 11.4 Å². The first-order valence-corrected chi connectivity index (χ1v) is 15.7. The Morgan fingerprint density at radius 1 is 1.24 bits per heavy atom. The molecule has 1 aliphatic carbocycles. The van der Waals surface area contributed by atoms with E-state index in [4.69, 9.17) is 20.6 Å². The maximum absolute atomic E-state index is 12.1. The normalized spacial score (nSPS) is 29.3. The number of aromatic amines is 1. The summed E-state index contributed by atoms with van der Waals surface area (Å²) in [5.74, 6) is 0.741. The molecule has 0 radical (unpaired) electrons. The molecular weight excluding hydrogens is 542 g/mol. The lowest BCUT2D eigenvalue weighted by molar-refractivity contribution is -0.0555. The SMILES string of the molecule is CCS(=O)(=O)Nc1n[nH]c(C2C3(CN)COC2(c2nc4c(C)cc(N5CC[C@](C)(c6ccccc6)C5)cn4n2)C3)n1. The molecule has 41 heavy (non-hydrogen) atoms. The van der Waals surface area contributed by atoms with Crippen LogP contribution in [0.3, 0.4) is 0 Å². The number of benzene rings is 1. The first-order chi connectivity index (χ1) is 19.6. The molecule has 1 aromatic carbocycles. The number of H-pyrrole nitrogens is 1. The molecule has 13 heteroatoms. The van der Waals surface area contributed by atoms with Gasteiger partial charge in [0.25, 0.3) is 5.95 Å². The number of nitrogens with zero attached hydrogens (tertiary/aromatic N) is 6. The lowest BCUT2D eigenvalue weighted by atomic mass is 9.53. The highest BCUT2D eigenvalue weighted by atomic mass is 32.2. The fourth-order valence-electron chi connectivity index (χ4n) is 7.07. The van der Waals surface area contributed by atoms with Gasteiger partial charge in [0.15, 0.2) is 11.5 Å². The fraction of sp³-hybridized carbons (Fsp3) is 0.500. The van der Waals surface area contributed by atoms with Crippen molar-refractivity contribution in [2.75, 3.05) is 41.6 Å². The van der Waals surface area contributed by atoms with Gasteiger partial charge in [-0.05, 0) is 43.9 Å². The summed E-state index contributed by atoms with van der Waals surface area (Å²) in [7, 11) is -3.51. The summed E-state index contributed by atoms with van der Waals surface area (Å²) in [6.07, 6.45) is 3.78. The molecule has 3 unspecified atom stereocenters. The van der Waals surface area contributed by atoms with Crippen molar-refractivity contribution >= 4 is 27.3 Å². The third-order valence-electron chi connectivity index (χ3n) is 9.41. The van der Waals surface area contributed by atoms with Crippen molar-refractivity contribution in [2.24, 2.45) is 11.1 Å². The van der Waals surface area contributed by atoms with Gasteiger partial charge in [-0.15, -0.1) is 10.2 Å². The molecule has 4 atom stereocenters. The van der Waals surface area contributed by atoms with Crippen LogP contribution in [0.1, 0.15) is 55.4 Å². The van der Waals surface area contributed by atoms with Crippen molar-refractivity contribution in [3.63, 3.8) is 0 Å². The second kappa shape index (κ2) is 8.97. The van der Waals surface area contributed by atoms with Crippen LogP contribution in [-0.4, -0.2) is 70.2 Å². The number of aryl methyl sites for hydroxylation is 1. The Morgan fingerprint density at radius 3 is 2.80 bits per heavy atom. The van der Waals surface area contributed by atoms with E-state index < -0.39 is 15.6 Å². The molecular formula is C28H35N9O3S. The predicted octanol–water partition coefficient (Wildman–Crippen LogP) is 2.44. The Balaban J connectivity index is 1.21. The van der Waals surface area contributed by atoms with Gasteiger partial charge in [0.05, 0.1) is 30.2 Å². The highest BCUT2D eigenvalue weighted by molar-refractivity contribution is 7.92. The molecule has 4 N–H and O–H groups in total. The van der Waals surface area contributed by atoms with E-state index in [2.05, 4.69) is 81.2 Å². The first kappa shape index (κ1) is 26.4. The van der Waals surface area contributed by atoms with E-state index in [9.17, 15) is 8.42 Å². The van der Waals surface area contributed by atoms with Crippen LogP contribution in [0.15, 0.2) is 42.6 Å². The van der Waals surface area contributed by atoms with E-state index in [1.165, 1.54) is 5.56 Å². The second-order valence-corrected chi connectivity index (χ2v) is 14.1. The van der Waals surface area contributed by atoms with Gasteiger partial charge < -0.3 is 15.4 Å². The average molecular weight is 578 g/mol. The van der Waals surface area contributed by atoms with Crippen molar-refractivity contribution in [1.29, 1.82) is 0 Å². The number of sulfonamides is 1. The van der Waals surface area contributed by atoms with Gasteiger partial charge in [0, 0.05) is 30.5 Å². The zero-order valence-corrected chi connectivity index (χ0v) is 24.3. The molecule has 6 heterocycles. The topological polar surface area (TPSA) is 156 Å². The van der Waals surface area contributed by atoms with E-state index in [1.54, 1.807) is 6.92 Å². The number of fused-ring (bicyclic) bond motifs is 2. The number of pyridine rings is 1. The molecule has 4 aromatic rings. The lowest BCUT2D eigenvalue weighted by Crippen LogP contribution is -2.55. The number of aromatic nitrogens is 6. The molecule has 3 aliphatic heterocycles.